The van der Waals surface area contributed by atoms with Crippen LogP contribution < -0.4 is 0 Å². The molecule has 5 rings (SSSR count). The second-order valence-corrected chi connectivity index (χ2v) is 11.8. The summed E-state index contributed by atoms with van der Waals surface area (Å²) in [6.45, 7) is 5.81. The Morgan fingerprint density at radius 3 is 1.34 bits per heavy atom. The maximum atomic E-state index is 14.7. The van der Waals surface area contributed by atoms with Crippen LogP contribution in [0.3, 0.4) is 0 Å². The van der Waals surface area contributed by atoms with Gasteiger partial charge in [0.15, 0.2) is 0 Å². The molecule has 0 heterocycles. The first kappa shape index (κ1) is 39.0. The van der Waals surface area contributed by atoms with E-state index in [2.05, 4.69) is 0 Å². The molecule has 0 aliphatic carbocycles. The number of carbonyl (C=O) groups is 1. The Labute approximate surface area is 290 Å². The first-order chi connectivity index (χ1) is 23.9. The van der Waals surface area contributed by atoms with Crippen molar-refractivity contribution >= 4 is 6.29 Å². The van der Waals surface area contributed by atoms with Crippen molar-refractivity contribution in [3.05, 3.63) is 147 Å². The number of rotatable bonds is 10. The van der Waals surface area contributed by atoms with Crippen molar-refractivity contribution < 1.29 is 43.5 Å². The molecule has 0 bridgehead atoms. The highest BCUT2D eigenvalue weighted by Gasteiger charge is 2.26. The van der Waals surface area contributed by atoms with Crippen LogP contribution in [0.1, 0.15) is 89.7 Å². The minimum atomic E-state index is -0.819. The number of phenolic OH excluding ortho intramolecular Hbond substituents is 5. The van der Waals surface area contributed by atoms with E-state index >= 15 is 0 Å². The molecule has 9 heteroatoms. The minimum Gasteiger partial charge on any atom is -0.508 e. The highest BCUT2D eigenvalue weighted by Crippen LogP contribution is 2.42. The molecule has 5 N–H and O–H groups in total. The molecule has 5 aromatic rings. The van der Waals surface area contributed by atoms with Gasteiger partial charge in [-0.3, -0.25) is 4.79 Å². The van der Waals surface area contributed by atoms with Crippen LogP contribution >= 0.6 is 0 Å². The third-order valence-electron chi connectivity index (χ3n) is 7.86. The SMILES string of the molecule is CCCc1cc(O)c(C(c2ccc(O)cc2)c2cc(F)c(CCC)cc2O)cc1F.CCCc1cc(O)ccc1F.O=Cc1ccc(O)cc1. The fraction of sp³-hybridized carbons (Fsp3) is 0.244. The van der Waals surface area contributed by atoms with Crippen LogP contribution in [0.25, 0.3) is 0 Å². The lowest BCUT2D eigenvalue weighted by molar-refractivity contribution is 0.112. The van der Waals surface area contributed by atoms with E-state index in [1.807, 2.05) is 20.8 Å². The van der Waals surface area contributed by atoms with Crippen LogP contribution in [0, 0.1) is 17.5 Å². The molecule has 50 heavy (non-hydrogen) atoms. The molecule has 0 radical (unpaired) electrons. The Morgan fingerprint density at radius 2 is 0.920 bits per heavy atom. The smallest absolute Gasteiger partial charge is 0.150 e. The molecule has 0 saturated heterocycles. The number of carbonyl (C=O) groups excluding carboxylic acids is 1. The van der Waals surface area contributed by atoms with Gasteiger partial charge >= 0.3 is 0 Å². The molecular weight excluding hydrogens is 645 g/mol. The van der Waals surface area contributed by atoms with Gasteiger partial charge in [0.2, 0.25) is 0 Å². The van der Waals surface area contributed by atoms with Gasteiger partial charge in [0.25, 0.3) is 0 Å². The van der Waals surface area contributed by atoms with Gasteiger partial charge in [0, 0.05) is 22.6 Å². The predicted molar refractivity (Wildman–Crippen MR) is 189 cm³/mol. The van der Waals surface area contributed by atoms with Gasteiger partial charge in [-0.1, -0.05) is 52.2 Å². The topological polar surface area (TPSA) is 118 Å². The highest BCUT2D eigenvalue weighted by molar-refractivity contribution is 5.74. The zero-order valence-corrected chi connectivity index (χ0v) is 28.3. The van der Waals surface area contributed by atoms with E-state index in [4.69, 9.17) is 10.2 Å². The summed E-state index contributed by atoms with van der Waals surface area (Å²) in [6.07, 6.45) is 4.72. The average Bonchev–Trinajstić information content (AvgIpc) is 3.09. The summed E-state index contributed by atoms with van der Waals surface area (Å²) in [5.74, 6) is -1.88. The molecule has 0 aromatic heterocycles. The zero-order chi connectivity index (χ0) is 36.8. The monoisotopic (exact) mass is 688 g/mol. The lowest BCUT2D eigenvalue weighted by atomic mass is 9.82. The quantitative estimate of drug-likeness (QED) is 0.0737. The Bertz CT molecular complexity index is 1780. The summed E-state index contributed by atoms with van der Waals surface area (Å²) in [4.78, 5) is 10.0. The Hall–Kier alpha value is -5.44. The third kappa shape index (κ3) is 10.8. The van der Waals surface area contributed by atoms with Gasteiger partial charge in [-0.2, -0.15) is 0 Å². The van der Waals surface area contributed by atoms with Gasteiger partial charge in [0.1, 0.15) is 52.5 Å². The molecule has 0 amide bonds. The molecule has 0 aliphatic rings. The number of phenols is 5. The second-order valence-electron chi connectivity index (χ2n) is 11.8. The van der Waals surface area contributed by atoms with Crippen molar-refractivity contribution in [1.82, 2.24) is 0 Å². The fourth-order valence-corrected chi connectivity index (χ4v) is 5.39. The lowest BCUT2D eigenvalue weighted by Crippen LogP contribution is -2.07. The van der Waals surface area contributed by atoms with Crippen molar-refractivity contribution in [1.29, 1.82) is 0 Å². The molecule has 264 valence electrons. The fourth-order valence-electron chi connectivity index (χ4n) is 5.39. The number of hydrogen-bond acceptors (Lipinski definition) is 6. The number of hydrogen-bond donors (Lipinski definition) is 5. The Morgan fingerprint density at radius 1 is 0.520 bits per heavy atom. The van der Waals surface area contributed by atoms with Crippen LogP contribution in [-0.4, -0.2) is 31.8 Å². The van der Waals surface area contributed by atoms with E-state index in [-0.39, 0.29) is 45.7 Å². The average molecular weight is 689 g/mol. The molecule has 0 fully saturated rings. The van der Waals surface area contributed by atoms with Gasteiger partial charge in [-0.05, 0) is 120 Å². The van der Waals surface area contributed by atoms with Gasteiger partial charge in [-0.25, -0.2) is 13.2 Å². The van der Waals surface area contributed by atoms with Crippen LogP contribution in [0.5, 0.6) is 28.7 Å². The molecule has 0 unspecified atom stereocenters. The Kier molecular flexibility index (Phi) is 14.8. The highest BCUT2D eigenvalue weighted by atomic mass is 19.1. The number of benzene rings is 5. The number of aryl methyl sites for hydroxylation is 3. The third-order valence-corrected chi connectivity index (χ3v) is 7.86. The summed E-state index contributed by atoms with van der Waals surface area (Å²) in [7, 11) is 0. The van der Waals surface area contributed by atoms with E-state index < -0.39 is 17.6 Å². The predicted octanol–water partition coefficient (Wildman–Crippen LogP) is 9.86. The molecular formula is C41H43F3O6. The Balaban J connectivity index is 0.000000273. The van der Waals surface area contributed by atoms with Crippen LogP contribution in [0.15, 0.2) is 91.0 Å². The van der Waals surface area contributed by atoms with E-state index in [0.717, 1.165) is 25.5 Å². The van der Waals surface area contributed by atoms with Crippen molar-refractivity contribution in [3.63, 3.8) is 0 Å². The minimum absolute atomic E-state index is 0.0416. The normalized spacial score (nSPS) is 10.5. The molecule has 0 aliphatic heterocycles. The van der Waals surface area contributed by atoms with Gasteiger partial charge in [0.05, 0.1) is 0 Å². The van der Waals surface area contributed by atoms with E-state index in [1.54, 1.807) is 24.3 Å². The molecule has 5 aromatic carbocycles. The maximum Gasteiger partial charge on any atom is 0.150 e. The summed E-state index contributed by atoms with van der Waals surface area (Å²) in [6, 6.07) is 21.6. The molecule has 0 saturated carbocycles. The first-order valence-electron chi connectivity index (χ1n) is 16.4. The molecule has 6 nitrogen and oxygen atoms in total. The number of aromatic hydroxyl groups is 5. The number of halogens is 3. The maximum absolute atomic E-state index is 14.7. The van der Waals surface area contributed by atoms with Crippen molar-refractivity contribution in [2.24, 2.45) is 0 Å². The summed E-state index contributed by atoms with van der Waals surface area (Å²) in [5, 5.41) is 48.8. The van der Waals surface area contributed by atoms with E-state index in [0.29, 0.717) is 47.1 Å². The van der Waals surface area contributed by atoms with E-state index in [1.165, 1.54) is 66.7 Å². The van der Waals surface area contributed by atoms with Gasteiger partial charge < -0.3 is 25.5 Å². The van der Waals surface area contributed by atoms with Crippen LogP contribution in [0.4, 0.5) is 13.2 Å². The molecule has 0 spiro atoms. The van der Waals surface area contributed by atoms with E-state index in [9.17, 15) is 33.3 Å². The van der Waals surface area contributed by atoms with Crippen molar-refractivity contribution in [2.45, 2.75) is 65.2 Å². The first-order valence-corrected chi connectivity index (χ1v) is 16.4. The standard InChI is InChI=1S/C25H26F2O3.C9H11FO.C7H6O2/c1-3-5-16-11-23(29)19(13-21(16)26)25(15-7-9-18(28)10-8-15)20-14-22(27)17(6-4-2)12-24(20)30;1-2-3-7-6-8(11)4-5-9(7)10;8-5-6-1-3-7(9)4-2-6/h7-14,25,28-30H,3-6H2,1-2H3;4-6,11H,2-3H2,1H3;1-5,9H. The van der Waals surface area contributed by atoms with Crippen molar-refractivity contribution in [2.75, 3.05) is 0 Å². The van der Waals surface area contributed by atoms with Gasteiger partial charge in [-0.15, -0.1) is 0 Å². The lowest BCUT2D eigenvalue weighted by Gasteiger charge is -2.22. The van der Waals surface area contributed by atoms with Crippen LogP contribution in [0.2, 0.25) is 0 Å². The second kappa shape index (κ2) is 18.9. The summed E-state index contributed by atoms with van der Waals surface area (Å²) < 4.78 is 42.3. The van der Waals surface area contributed by atoms with Crippen molar-refractivity contribution in [3.8, 4) is 28.7 Å². The summed E-state index contributed by atoms with van der Waals surface area (Å²) >= 11 is 0. The summed E-state index contributed by atoms with van der Waals surface area (Å²) in [5.41, 5.74) is 2.98. The van der Waals surface area contributed by atoms with Crippen LogP contribution in [-0.2, 0) is 19.3 Å². The molecule has 0 atom stereocenters. The number of aldehydes is 1. The largest absolute Gasteiger partial charge is 0.508 e. The zero-order valence-electron chi connectivity index (χ0n) is 28.3.